The van der Waals surface area contributed by atoms with Crippen molar-refractivity contribution in [1.82, 2.24) is 10.6 Å². The highest BCUT2D eigenvalue weighted by atomic mass is 16.7. The van der Waals surface area contributed by atoms with Gasteiger partial charge in [0, 0.05) is 18.4 Å². The number of fused-ring (bicyclic) bond motifs is 1. The molecule has 13 heteroatoms. The lowest BCUT2D eigenvalue weighted by Gasteiger charge is -2.31. The molecule has 2 amide bonds. The number of aliphatic hydroxyl groups excluding tert-OH is 2. The summed E-state index contributed by atoms with van der Waals surface area (Å²) in [4.78, 5) is 52.2. The van der Waals surface area contributed by atoms with Crippen LogP contribution in [0, 0.1) is 0 Å². The van der Waals surface area contributed by atoms with Crippen molar-refractivity contribution in [3.63, 3.8) is 0 Å². The van der Waals surface area contributed by atoms with Gasteiger partial charge in [-0.25, -0.2) is 4.79 Å². The molecule has 0 radical (unpaired) electrons. The lowest BCUT2D eigenvalue weighted by molar-refractivity contribution is -0.155. The van der Waals surface area contributed by atoms with Gasteiger partial charge in [0.25, 0.3) is 0 Å². The average Bonchev–Trinajstić information content (AvgIpc) is 3.55. The Hall–Kier alpha value is -4.56. The summed E-state index contributed by atoms with van der Waals surface area (Å²) < 4.78 is 22.5. The molecule has 50 heavy (non-hydrogen) atoms. The van der Waals surface area contributed by atoms with Gasteiger partial charge in [0.15, 0.2) is 0 Å². The van der Waals surface area contributed by atoms with Gasteiger partial charge in [-0.05, 0) is 69.9 Å². The minimum Gasteiger partial charge on any atom is -0.508 e. The van der Waals surface area contributed by atoms with Gasteiger partial charge in [-0.3, -0.25) is 14.4 Å². The quantitative estimate of drug-likeness (QED) is 0.183. The van der Waals surface area contributed by atoms with Gasteiger partial charge in [0.2, 0.25) is 11.8 Å². The van der Waals surface area contributed by atoms with Crippen LogP contribution in [0.4, 0.5) is 0 Å². The number of para-hydroxylation sites is 1. The Balaban J connectivity index is 1.41. The number of benzene rings is 2. The molecule has 0 spiro atoms. The Morgan fingerprint density at radius 1 is 1.04 bits per heavy atom. The highest BCUT2D eigenvalue weighted by Gasteiger charge is 2.43. The summed E-state index contributed by atoms with van der Waals surface area (Å²) in [6.45, 7) is 5.95. The van der Waals surface area contributed by atoms with Crippen molar-refractivity contribution in [2.45, 2.75) is 95.5 Å². The largest absolute Gasteiger partial charge is 0.508 e. The van der Waals surface area contributed by atoms with Crippen LogP contribution >= 0.6 is 0 Å². The predicted octanol–water partition coefficient (Wildman–Crippen LogP) is 2.71. The summed E-state index contributed by atoms with van der Waals surface area (Å²) in [5.74, 6) is -2.42. The normalized spacial score (nSPS) is 20.6. The average molecular weight is 695 g/mol. The Kier molecular flexibility index (Phi) is 13.3. The molecule has 0 saturated carbocycles. The molecular weight excluding hydrogens is 648 g/mol. The third kappa shape index (κ3) is 10.7. The molecule has 0 aromatic heterocycles. The van der Waals surface area contributed by atoms with Crippen LogP contribution in [-0.4, -0.2) is 94.6 Å². The number of carbonyl (C=O) groups is 4. The van der Waals surface area contributed by atoms with Gasteiger partial charge in [0.1, 0.15) is 42.5 Å². The maximum atomic E-state index is 13.5. The number of ether oxygens (including phenoxy) is 4. The number of allylic oxidation sites excluding steroid dienone is 1. The fourth-order valence-electron chi connectivity index (χ4n) is 5.57. The van der Waals surface area contributed by atoms with E-state index < -0.39 is 72.5 Å². The van der Waals surface area contributed by atoms with Crippen molar-refractivity contribution < 1.29 is 53.4 Å². The van der Waals surface area contributed by atoms with Crippen molar-refractivity contribution in [3.8, 4) is 5.75 Å². The van der Waals surface area contributed by atoms with E-state index in [1.807, 2.05) is 12.1 Å². The standard InChI is InChI=1S/C37H46N2O11/c1-22(41)32(35(45)38-26(20-40)16-17-31(43)50-37(2,3)4)39-34(44)25-18-29-33(48-21-47-29)30(19-25)49-36(46)27-14-7-5-10-23(27)12-9-13-24-11-6-8-15-28(24)42/h5-12,14-15,18,22,26,29-30,32-33,40-42H,13,16-17,19-21H2,1-4H3,(H,38,45)(H,39,44)/t22-,26-,29+,30+,32+,33+/m0/s1. The Labute approximate surface area is 291 Å². The Morgan fingerprint density at radius 2 is 1.76 bits per heavy atom. The molecule has 0 unspecified atom stereocenters. The minimum atomic E-state index is -1.41. The van der Waals surface area contributed by atoms with E-state index in [1.165, 1.54) is 6.92 Å². The zero-order valence-corrected chi connectivity index (χ0v) is 28.7. The minimum absolute atomic E-state index is 0.0588. The first kappa shape index (κ1) is 38.2. The first-order valence-corrected chi connectivity index (χ1v) is 16.5. The second kappa shape index (κ2) is 17.4. The van der Waals surface area contributed by atoms with E-state index >= 15 is 0 Å². The van der Waals surface area contributed by atoms with Crippen LogP contribution in [0.3, 0.4) is 0 Å². The van der Waals surface area contributed by atoms with Crippen LogP contribution in [0.15, 0.2) is 66.3 Å². The number of hydrogen-bond donors (Lipinski definition) is 5. The molecule has 1 saturated heterocycles. The highest BCUT2D eigenvalue weighted by molar-refractivity contribution is 5.98. The van der Waals surface area contributed by atoms with Crippen molar-refractivity contribution in [3.05, 3.63) is 82.9 Å². The second-order valence-electron chi connectivity index (χ2n) is 13.2. The van der Waals surface area contributed by atoms with Crippen LogP contribution in [-0.2, 0) is 39.8 Å². The molecule has 6 atom stereocenters. The van der Waals surface area contributed by atoms with Gasteiger partial charge in [0.05, 0.1) is 24.3 Å². The second-order valence-corrected chi connectivity index (χ2v) is 13.2. The fraction of sp³-hybridized carbons (Fsp3) is 0.459. The van der Waals surface area contributed by atoms with Crippen molar-refractivity contribution in [2.24, 2.45) is 0 Å². The Morgan fingerprint density at radius 3 is 2.46 bits per heavy atom. The van der Waals surface area contributed by atoms with Gasteiger partial charge < -0.3 is 44.9 Å². The number of phenols is 1. The molecule has 1 heterocycles. The van der Waals surface area contributed by atoms with Crippen molar-refractivity contribution in [2.75, 3.05) is 13.4 Å². The van der Waals surface area contributed by atoms with E-state index in [2.05, 4.69) is 10.6 Å². The smallest absolute Gasteiger partial charge is 0.339 e. The summed E-state index contributed by atoms with van der Waals surface area (Å²) in [5.41, 5.74) is 1.08. The van der Waals surface area contributed by atoms with Gasteiger partial charge in [-0.1, -0.05) is 48.6 Å². The summed E-state index contributed by atoms with van der Waals surface area (Å²) in [7, 11) is 0. The molecule has 1 aliphatic carbocycles. The first-order valence-electron chi connectivity index (χ1n) is 16.5. The summed E-state index contributed by atoms with van der Waals surface area (Å²) in [6.07, 6.45) is 1.91. The maximum Gasteiger partial charge on any atom is 0.339 e. The lowest BCUT2D eigenvalue weighted by Crippen LogP contribution is -2.55. The lowest BCUT2D eigenvalue weighted by atomic mass is 9.91. The number of hydrogen-bond acceptors (Lipinski definition) is 11. The number of amides is 2. The van der Waals surface area contributed by atoms with Crippen molar-refractivity contribution >= 4 is 29.8 Å². The van der Waals surface area contributed by atoms with E-state index in [0.29, 0.717) is 12.0 Å². The summed E-state index contributed by atoms with van der Waals surface area (Å²) >= 11 is 0. The van der Waals surface area contributed by atoms with E-state index in [9.17, 15) is 34.5 Å². The summed E-state index contributed by atoms with van der Waals surface area (Å²) in [6, 6.07) is 11.6. The Bertz CT molecular complexity index is 1580. The van der Waals surface area contributed by atoms with Gasteiger partial charge in [-0.15, -0.1) is 0 Å². The molecular formula is C37H46N2O11. The third-order valence-electron chi connectivity index (χ3n) is 8.09. The molecule has 13 nitrogen and oxygen atoms in total. The SMILES string of the molecule is C[C@H](O)[C@@H](NC(=O)C1=C[C@H]2OCO[C@H]2[C@H](OC(=O)c2ccccc2C=CCc2ccccc2O)C1)C(=O)N[C@H](CO)CCC(=O)OC(C)(C)C. The number of nitrogens with one attached hydrogen (secondary N) is 2. The van der Waals surface area contributed by atoms with Gasteiger partial charge >= 0.3 is 11.9 Å². The van der Waals surface area contributed by atoms with Crippen LogP contribution in [0.1, 0.15) is 68.4 Å². The van der Waals surface area contributed by atoms with Crippen LogP contribution < -0.4 is 10.6 Å². The molecule has 2 aromatic rings. The molecule has 2 aromatic carbocycles. The van der Waals surface area contributed by atoms with E-state index in [4.69, 9.17) is 18.9 Å². The van der Waals surface area contributed by atoms with Gasteiger partial charge in [-0.2, -0.15) is 0 Å². The van der Waals surface area contributed by atoms with Crippen LogP contribution in [0.5, 0.6) is 5.75 Å². The zero-order chi connectivity index (χ0) is 36.4. The number of esters is 2. The molecule has 2 aliphatic rings. The first-order chi connectivity index (χ1) is 23.8. The van der Waals surface area contributed by atoms with E-state index in [1.54, 1.807) is 75.4 Å². The molecule has 0 bridgehead atoms. The van der Waals surface area contributed by atoms with E-state index in [-0.39, 0.29) is 42.9 Å². The molecule has 4 rings (SSSR count). The van der Waals surface area contributed by atoms with Crippen molar-refractivity contribution in [1.29, 1.82) is 0 Å². The highest BCUT2D eigenvalue weighted by Crippen LogP contribution is 2.31. The molecule has 1 fully saturated rings. The molecule has 1 aliphatic heterocycles. The zero-order valence-electron chi connectivity index (χ0n) is 28.7. The number of aromatic hydroxyl groups is 1. The van der Waals surface area contributed by atoms with E-state index in [0.717, 1.165) is 5.56 Å². The molecule has 270 valence electrons. The van der Waals surface area contributed by atoms with Crippen LogP contribution in [0.25, 0.3) is 6.08 Å². The number of rotatable bonds is 14. The molecule has 5 N–H and O–H groups in total. The summed E-state index contributed by atoms with van der Waals surface area (Å²) in [5, 5.41) is 35.4. The monoisotopic (exact) mass is 694 g/mol. The predicted molar refractivity (Wildman–Crippen MR) is 182 cm³/mol. The van der Waals surface area contributed by atoms with Crippen LogP contribution in [0.2, 0.25) is 0 Å². The number of carbonyl (C=O) groups excluding carboxylic acids is 4. The fourth-order valence-corrected chi connectivity index (χ4v) is 5.57. The topological polar surface area (TPSA) is 190 Å². The number of phenolic OH excluding ortho intramolecular Hbond substituents is 1. The third-order valence-corrected chi connectivity index (χ3v) is 8.09. The maximum absolute atomic E-state index is 13.5. The number of aliphatic hydroxyl groups is 2.